The van der Waals surface area contributed by atoms with E-state index in [4.69, 9.17) is 5.73 Å². The van der Waals surface area contributed by atoms with E-state index in [1.54, 1.807) is 0 Å². The highest BCUT2D eigenvalue weighted by atomic mass is 16.1. The summed E-state index contributed by atoms with van der Waals surface area (Å²) in [6.07, 6.45) is 2.67. The number of benzene rings is 1. The van der Waals surface area contributed by atoms with Gasteiger partial charge >= 0.3 is 0 Å². The number of rotatable bonds is 5. The molecule has 2 rings (SSSR count). The van der Waals surface area contributed by atoms with E-state index in [0.717, 1.165) is 43.6 Å². The molecule has 1 saturated carbocycles. The second-order valence-electron chi connectivity index (χ2n) is 5.20. The van der Waals surface area contributed by atoms with Gasteiger partial charge in [-0.2, -0.15) is 0 Å². The Morgan fingerprint density at radius 3 is 2.84 bits per heavy atom. The van der Waals surface area contributed by atoms with Gasteiger partial charge in [0.1, 0.15) is 0 Å². The number of nitrogens with one attached hydrogen (secondary N) is 2. The van der Waals surface area contributed by atoms with Gasteiger partial charge in [-0.25, -0.2) is 0 Å². The maximum atomic E-state index is 12.2. The summed E-state index contributed by atoms with van der Waals surface area (Å²) in [7, 11) is 0. The quantitative estimate of drug-likeness (QED) is 0.758. The molecular weight excluding hydrogens is 238 g/mol. The topological polar surface area (TPSA) is 67.1 Å². The molecule has 1 aliphatic rings. The standard InChI is InChI=1S/C15H23N3O/c1-2-17-10-12-5-3-4-6-14(12)18-15(19)11-7-8-13(16)9-11/h3-6,11,13,17H,2,7-10,16H2,1H3,(H,18,19). The number of para-hydroxylation sites is 1. The van der Waals surface area contributed by atoms with Gasteiger partial charge in [0.15, 0.2) is 0 Å². The molecule has 0 saturated heterocycles. The zero-order valence-electron chi connectivity index (χ0n) is 11.5. The molecule has 104 valence electrons. The van der Waals surface area contributed by atoms with Crippen LogP contribution in [0.4, 0.5) is 5.69 Å². The predicted molar refractivity (Wildman–Crippen MR) is 77.8 cm³/mol. The molecule has 0 radical (unpaired) electrons. The molecule has 0 aromatic heterocycles. The van der Waals surface area contributed by atoms with Gasteiger partial charge in [-0.3, -0.25) is 4.79 Å². The summed E-state index contributed by atoms with van der Waals surface area (Å²) in [6, 6.07) is 8.13. The number of hydrogen-bond donors (Lipinski definition) is 3. The third kappa shape index (κ3) is 3.78. The van der Waals surface area contributed by atoms with E-state index < -0.39 is 0 Å². The van der Waals surface area contributed by atoms with Crippen LogP contribution in [0.2, 0.25) is 0 Å². The second kappa shape index (κ2) is 6.68. The van der Waals surface area contributed by atoms with Crippen molar-refractivity contribution in [3.8, 4) is 0 Å². The first-order valence-corrected chi connectivity index (χ1v) is 7.05. The highest BCUT2D eigenvalue weighted by Gasteiger charge is 2.27. The van der Waals surface area contributed by atoms with Crippen LogP contribution in [-0.4, -0.2) is 18.5 Å². The van der Waals surface area contributed by atoms with Crippen LogP contribution in [0.25, 0.3) is 0 Å². The average molecular weight is 261 g/mol. The van der Waals surface area contributed by atoms with Crippen molar-refractivity contribution >= 4 is 11.6 Å². The first-order chi connectivity index (χ1) is 9.20. The normalized spacial score (nSPS) is 22.4. The summed E-state index contributed by atoms with van der Waals surface area (Å²) in [5, 5.41) is 6.33. The molecule has 0 spiro atoms. The fourth-order valence-electron chi connectivity index (χ4n) is 2.55. The smallest absolute Gasteiger partial charge is 0.227 e. The minimum atomic E-state index is 0.0715. The lowest BCUT2D eigenvalue weighted by atomic mass is 10.1. The Balaban J connectivity index is 2.00. The zero-order chi connectivity index (χ0) is 13.7. The number of nitrogens with two attached hydrogens (primary N) is 1. The van der Waals surface area contributed by atoms with Crippen molar-refractivity contribution in [1.29, 1.82) is 0 Å². The van der Waals surface area contributed by atoms with Crippen LogP contribution in [0.1, 0.15) is 31.7 Å². The van der Waals surface area contributed by atoms with E-state index >= 15 is 0 Å². The Kier molecular flexibility index (Phi) is 4.93. The molecule has 0 heterocycles. The molecule has 1 amide bonds. The van der Waals surface area contributed by atoms with Gasteiger partial charge in [-0.1, -0.05) is 25.1 Å². The fraction of sp³-hybridized carbons (Fsp3) is 0.533. The molecule has 0 bridgehead atoms. The van der Waals surface area contributed by atoms with Gasteiger partial charge in [-0.05, 0) is 37.4 Å². The fourth-order valence-corrected chi connectivity index (χ4v) is 2.55. The number of carbonyl (C=O) groups excluding carboxylic acids is 1. The number of carbonyl (C=O) groups is 1. The molecule has 0 aliphatic heterocycles. The van der Waals surface area contributed by atoms with E-state index in [0.29, 0.717) is 0 Å². The molecule has 4 nitrogen and oxygen atoms in total. The monoisotopic (exact) mass is 261 g/mol. The molecule has 2 atom stereocenters. The van der Waals surface area contributed by atoms with Gasteiger partial charge in [0, 0.05) is 24.2 Å². The van der Waals surface area contributed by atoms with Gasteiger partial charge in [-0.15, -0.1) is 0 Å². The number of amides is 1. The first kappa shape index (κ1) is 14.0. The van der Waals surface area contributed by atoms with Gasteiger partial charge in [0.25, 0.3) is 0 Å². The Hall–Kier alpha value is -1.39. The lowest BCUT2D eigenvalue weighted by Gasteiger charge is -2.14. The highest BCUT2D eigenvalue weighted by Crippen LogP contribution is 2.26. The third-order valence-corrected chi connectivity index (χ3v) is 3.68. The van der Waals surface area contributed by atoms with Gasteiger partial charge in [0.2, 0.25) is 5.91 Å². The van der Waals surface area contributed by atoms with Crippen LogP contribution in [0.15, 0.2) is 24.3 Å². The molecule has 2 unspecified atom stereocenters. The molecule has 1 aliphatic carbocycles. The Morgan fingerprint density at radius 1 is 1.37 bits per heavy atom. The SMILES string of the molecule is CCNCc1ccccc1NC(=O)C1CCC(N)C1. The lowest BCUT2D eigenvalue weighted by molar-refractivity contribution is -0.119. The second-order valence-corrected chi connectivity index (χ2v) is 5.20. The van der Waals surface area contributed by atoms with Crippen LogP contribution in [0, 0.1) is 5.92 Å². The molecule has 1 aromatic carbocycles. The largest absolute Gasteiger partial charge is 0.328 e. The molecule has 4 N–H and O–H groups in total. The maximum absolute atomic E-state index is 12.2. The Bertz CT molecular complexity index is 433. The van der Waals surface area contributed by atoms with E-state index in [9.17, 15) is 4.79 Å². The summed E-state index contributed by atoms with van der Waals surface area (Å²) < 4.78 is 0. The summed E-state index contributed by atoms with van der Waals surface area (Å²) in [4.78, 5) is 12.2. The minimum absolute atomic E-state index is 0.0715. The van der Waals surface area contributed by atoms with Crippen molar-refractivity contribution in [3.63, 3.8) is 0 Å². The number of anilines is 1. The van der Waals surface area contributed by atoms with Crippen LogP contribution in [0.3, 0.4) is 0 Å². The van der Waals surface area contributed by atoms with Gasteiger partial charge in [0.05, 0.1) is 0 Å². The summed E-state index contributed by atoms with van der Waals surface area (Å²) in [5.74, 6) is 0.180. The zero-order valence-corrected chi connectivity index (χ0v) is 11.5. The van der Waals surface area contributed by atoms with Crippen molar-refractivity contribution in [3.05, 3.63) is 29.8 Å². The first-order valence-electron chi connectivity index (χ1n) is 7.05. The van der Waals surface area contributed by atoms with Crippen molar-refractivity contribution < 1.29 is 4.79 Å². The van der Waals surface area contributed by atoms with Crippen LogP contribution >= 0.6 is 0 Å². The average Bonchev–Trinajstić information content (AvgIpc) is 2.84. The third-order valence-electron chi connectivity index (χ3n) is 3.68. The van der Waals surface area contributed by atoms with Gasteiger partial charge < -0.3 is 16.4 Å². The molecule has 1 fully saturated rings. The number of hydrogen-bond acceptors (Lipinski definition) is 3. The molecule has 1 aromatic rings. The molecular formula is C15H23N3O. The van der Waals surface area contributed by atoms with Crippen molar-refractivity contribution in [2.45, 2.75) is 38.8 Å². The van der Waals surface area contributed by atoms with E-state index in [-0.39, 0.29) is 17.9 Å². The predicted octanol–water partition coefficient (Wildman–Crippen LogP) is 1.86. The Morgan fingerprint density at radius 2 is 2.16 bits per heavy atom. The highest BCUT2D eigenvalue weighted by molar-refractivity contribution is 5.93. The van der Waals surface area contributed by atoms with Crippen molar-refractivity contribution in [2.75, 3.05) is 11.9 Å². The lowest BCUT2D eigenvalue weighted by Crippen LogP contribution is -2.24. The van der Waals surface area contributed by atoms with Crippen LogP contribution < -0.4 is 16.4 Å². The van der Waals surface area contributed by atoms with Crippen LogP contribution in [-0.2, 0) is 11.3 Å². The van der Waals surface area contributed by atoms with Crippen LogP contribution in [0.5, 0.6) is 0 Å². The summed E-state index contributed by atoms with van der Waals surface area (Å²) >= 11 is 0. The maximum Gasteiger partial charge on any atom is 0.227 e. The van der Waals surface area contributed by atoms with E-state index in [1.165, 1.54) is 0 Å². The van der Waals surface area contributed by atoms with Crippen molar-refractivity contribution in [2.24, 2.45) is 11.7 Å². The summed E-state index contributed by atoms with van der Waals surface area (Å²) in [5.41, 5.74) is 7.90. The minimum Gasteiger partial charge on any atom is -0.328 e. The molecule has 4 heteroatoms. The van der Waals surface area contributed by atoms with Crippen molar-refractivity contribution in [1.82, 2.24) is 5.32 Å². The van der Waals surface area contributed by atoms with E-state index in [1.807, 2.05) is 24.3 Å². The Labute approximate surface area is 114 Å². The van der Waals surface area contributed by atoms with E-state index in [2.05, 4.69) is 17.6 Å². The molecule has 19 heavy (non-hydrogen) atoms. The summed E-state index contributed by atoms with van der Waals surface area (Å²) in [6.45, 7) is 3.76.